The first-order valence-electron chi connectivity index (χ1n) is 14.7. The molecule has 1 atom stereocenters. The van der Waals surface area contributed by atoms with Gasteiger partial charge in [0.05, 0.1) is 5.92 Å². The van der Waals surface area contributed by atoms with Crippen molar-refractivity contribution in [1.82, 2.24) is 20.6 Å². The number of carbonyl (C=O) groups excluding carboxylic acids is 2. The van der Waals surface area contributed by atoms with Crippen molar-refractivity contribution in [3.63, 3.8) is 0 Å². The van der Waals surface area contributed by atoms with Gasteiger partial charge in [0.15, 0.2) is 0 Å². The summed E-state index contributed by atoms with van der Waals surface area (Å²) in [6.07, 6.45) is 5.44. The molecule has 4 heterocycles. The van der Waals surface area contributed by atoms with Crippen LogP contribution in [0.1, 0.15) is 78.1 Å². The molecule has 0 saturated heterocycles. The summed E-state index contributed by atoms with van der Waals surface area (Å²) < 4.78 is 0. The zero-order valence-corrected chi connectivity index (χ0v) is 26.5. The molecule has 2 aromatic heterocycles. The first-order chi connectivity index (χ1) is 20.9. The second-order valence-electron chi connectivity index (χ2n) is 11.4. The molecule has 0 unspecified atom stereocenters. The van der Waals surface area contributed by atoms with Gasteiger partial charge >= 0.3 is 11.9 Å². The average molecular weight is 621 g/mol. The Balaban J connectivity index is 1.77. The number of carboxylic acids is 2. The van der Waals surface area contributed by atoms with E-state index in [1.807, 2.05) is 33.8 Å². The highest BCUT2D eigenvalue weighted by Crippen LogP contribution is 2.32. The summed E-state index contributed by atoms with van der Waals surface area (Å²) in [7, 11) is 0. The van der Waals surface area contributed by atoms with Crippen molar-refractivity contribution in [3.8, 4) is 0 Å². The predicted octanol–water partition coefficient (Wildman–Crippen LogP) is 4.44. The van der Waals surface area contributed by atoms with Crippen molar-refractivity contribution in [2.75, 3.05) is 5.75 Å². The van der Waals surface area contributed by atoms with E-state index in [4.69, 9.17) is 0 Å². The molecule has 2 aromatic rings. The van der Waals surface area contributed by atoms with Gasteiger partial charge < -0.3 is 30.8 Å². The number of aromatic nitrogens is 2. The number of rotatable bonds is 14. The molecule has 4 rings (SSSR count). The average Bonchev–Trinajstić information content (AvgIpc) is 3.60. The van der Waals surface area contributed by atoms with Crippen LogP contribution in [0.5, 0.6) is 0 Å². The fourth-order valence-corrected chi connectivity index (χ4v) is 6.37. The number of nitrogens with one attached hydrogen (secondary N) is 4. The lowest BCUT2D eigenvalue weighted by Crippen LogP contribution is -2.20. The first-order valence-corrected chi connectivity index (χ1v) is 15.3. The van der Waals surface area contributed by atoms with Gasteiger partial charge in [-0.15, -0.1) is 0 Å². The highest BCUT2D eigenvalue weighted by atomic mass is 32.1. The Bertz CT molecular complexity index is 1640. The number of aliphatic carboxylic acids is 2. The standard InChI is InChI=1S/C33H40N4O6S/c1-6-20-16(2)26(36-33(20)43)13-24-17(3)21(7-9-30(38)39)27(34-24)15-28-22(8-10-31(40)41)18(4)25(35-28)14-29-23(11-12-44)19(5)32(42)37-29/h6,13,19,34-35,44H,1,7-12,14-15H2,2-5H3,(H,36,43)(H,37,42)(H,38,39)(H,40,41)/b26-13+/t19-/m0/s1. The molecule has 0 saturated carbocycles. The number of hydrogen-bond donors (Lipinski definition) is 7. The van der Waals surface area contributed by atoms with Crippen molar-refractivity contribution in [3.05, 3.63) is 85.8 Å². The van der Waals surface area contributed by atoms with Crippen LogP contribution in [-0.4, -0.2) is 49.7 Å². The van der Waals surface area contributed by atoms with E-state index in [1.165, 1.54) is 6.08 Å². The van der Waals surface area contributed by atoms with Crippen LogP contribution in [0, 0.1) is 19.8 Å². The van der Waals surface area contributed by atoms with E-state index < -0.39 is 11.9 Å². The normalized spacial score (nSPS) is 17.6. The molecule has 11 heteroatoms. The Labute approximate surface area is 262 Å². The third-order valence-corrected chi connectivity index (χ3v) is 8.94. The minimum atomic E-state index is -0.910. The van der Waals surface area contributed by atoms with E-state index >= 15 is 0 Å². The van der Waals surface area contributed by atoms with Crippen molar-refractivity contribution >= 4 is 42.5 Å². The van der Waals surface area contributed by atoms with Crippen molar-refractivity contribution in [2.24, 2.45) is 5.92 Å². The fourth-order valence-electron chi connectivity index (χ4n) is 6.13. The molecule has 2 amide bonds. The molecule has 44 heavy (non-hydrogen) atoms. The Morgan fingerprint density at radius 1 is 0.886 bits per heavy atom. The SMILES string of the molecule is C=CC1=C(C)/C(=C\c2[nH]c(Cc3[nH]c(CC4=C(CCS)[C@H](C)C(=O)N4)c(C)c3CCC(=O)O)c(CCC(=O)O)c2C)NC1=O. The molecule has 0 bridgehead atoms. The first kappa shape index (κ1) is 32.7. The zero-order chi connectivity index (χ0) is 32.3. The molecule has 0 radical (unpaired) electrons. The highest BCUT2D eigenvalue weighted by molar-refractivity contribution is 7.80. The lowest BCUT2D eigenvalue weighted by molar-refractivity contribution is -0.138. The van der Waals surface area contributed by atoms with Crippen LogP contribution in [0.3, 0.4) is 0 Å². The fraction of sp³-hybridized carbons (Fsp3) is 0.394. The Hall–Kier alpha value is -4.25. The molecular weight excluding hydrogens is 580 g/mol. The number of carboxylic acid groups (broad SMARTS) is 2. The number of thiol groups is 1. The summed E-state index contributed by atoms with van der Waals surface area (Å²) in [5.41, 5.74) is 10.7. The summed E-state index contributed by atoms with van der Waals surface area (Å²) in [6.45, 7) is 11.3. The maximum atomic E-state index is 12.5. The van der Waals surface area contributed by atoms with Gasteiger partial charge in [-0.25, -0.2) is 0 Å². The molecule has 6 N–H and O–H groups in total. The van der Waals surface area contributed by atoms with Crippen LogP contribution in [0.25, 0.3) is 6.08 Å². The summed E-state index contributed by atoms with van der Waals surface area (Å²) in [5, 5.41) is 24.8. The van der Waals surface area contributed by atoms with Gasteiger partial charge in [-0.05, 0) is 92.2 Å². The van der Waals surface area contributed by atoms with Crippen molar-refractivity contribution < 1.29 is 29.4 Å². The number of allylic oxidation sites excluding steroid dienone is 2. The van der Waals surface area contributed by atoms with Crippen LogP contribution in [0.2, 0.25) is 0 Å². The van der Waals surface area contributed by atoms with Crippen LogP contribution in [0.15, 0.2) is 40.8 Å². The monoisotopic (exact) mass is 620 g/mol. The number of H-pyrrole nitrogens is 2. The van der Waals surface area contributed by atoms with Gasteiger partial charge in [0, 0.05) is 65.4 Å². The number of aromatic amines is 2. The van der Waals surface area contributed by atoms with Gasteiger partial charge in [-0.1, -0.05) is 12.7 Å². The number of hydrogen-bond acceptors (Lipinski definition) is 5. The van der Waals surface area contributed by atoms with Gasteiger partial charge in [0.1, 0.15) is 0 Å². The zero-order valence-electron chi connectivity index (χ0n) is 25.6. The van der Waals surface area contributed by atoms with Crippen LogP contribution < -0.4 is 10.6 Å². The molecule has 0 fully saturated rings. The lowest BCUT2D eigenvalue weighted by atomic mass is 9.96. The molecule has 0 spiro atoms. The molecule has 2 aliphatic heterocycles. The minimum absolute atomic E-state index is 0.0392. The second kappa shape index (κ2) is 13.6. The summed E-state index contributed by atoms with van der Waals surface area (Å²) in [6, 6.07) is 0. The Morgan fingerprint density at radius 3 is 2.07 bits per heavy atom. The summed E-state index contributed by atoms with van der Waals surface area (Å²) >= 11 is 4.37. The van der Waals surface area contributed by atoms with E-state index in [9.17, 15) is 29.4 Å². The summed E-state index contributed by atoms with van der Waals surface area (Å²) in [4.78, 5) is 54.9. The number of amides is 2. The van der Waals surface area contributed by atoms with Crippen LogP contribution in [-0.2, 0) is 44.9 Å². The van der Waals surface area contributed by atoms with Crippen LogP contribution in [0.4, 0.5) is 0 Å². The maximum Gasteiger partial charge on any atom is 0.303 e. The quantitative estimate of drug-likeness (QED) is 0.154. The Kier molecular flexibility index (Phi) is 10.1. The number of carbonyl (C=O) groups is 4. The van der Waals surface area contributed by atoms with Crippen molar-refractivity contribution in [1.29, 1.82) is 0 Å². The molecule has 2 aliphatic rings. The largest absolute Gasteiger partial charge is 0.481 e. The smallest absolute Gasteiger partial charge is 0.303 e. The topological polar surface area (TPSA) is 164 Å². The van der Waals surface area contributed by atoms with E-state index in [2.05, 4.69) is 39.8 Å². The molecule has 0 aromatic carbocycles. The summed E-state index contributed by atoms with van der Waals surface area (Å²) in [5.74, 6) is -1.68. The molecule has 10 nitrogen and oxygen atoms in total. The maximum absolute atomic E-state index is 12.5. The lowest BCUT2D eigenvalue weighted by Gasteiger charge is -2.08. The third kappa shape index (κ3) is 6.77. The second-order valence-corrected chi connectivity index (χ2v) is 11.8. The minimum Gasteiger partial charge on any atom is -0.481 e. The van der Waals surface area contributed by atoms with E-state index in [0.29, 0.717) is 49.1 Å². The van der Waals surface area contributed by atoms with Crippen molar-refractivity contribution in [2.45, 2.75) is 72.6 Å². The highest BCUT2D eigenvalue weighted by Gasteiger charge is 2.30. The van der Waals surface area contributed by atoms with Gasteiger partial charge in [-0.2, -0.15) is 12.6 Å². The van der Waals surface area contributed by atoms with Gasteiger partial charge in [0.25, 0.3) is 5.91 Å². The van der Waals surface area contributed by atoms with E-state index in [1.54, 1.807) is 0 Å². The van der Waals surface area contributed by atoms with Crippen LogP contribution >= 0.6 is 12.6 Å². The molecule has 0 aliphatic carbocycles. The predicted molar refractivity (Wildman–Crippen MR) is 171 cm³/mol. The van der Waals surface area contributed by atoms with E-state index in [0.717, 1.165) is 61.9 Å². The molecule has 234 valence electrons. The van der Waals surface area contributed by atoms with Gasteiger partial charge in [-0.3, -0.25) is 19.2 Å². The Morgan fingerprint density at radius 2 is 1.50 bits per heavy atom. The van der Waals surface area contributed by atoms with E-state index in [-0.39, 0.29) is 30.6 Å². The third-order valence-electron chi connectivity index (χ3n) is 8.72. The van der Waals surface area contributed by atoms with Gasteiger partial charge in [0.2, 0.25) is 5.91 Å². The molecular formula is C33H40N4O6S.